The summed E-state index contributed by atoms with van der Waals surface area (Å²) < 4.78 is 1.64. The first kappa shape index (κ1) is 12.0. The van der Waals surface area contributed by atoms with E-state index >= 15 is 0 Å². The minimum absolute atomic E-state index is 0.362. The molecular weight excluding hydrogens is 292 g/mol. The minimum atomic E-state index is 0.362. The molecule has 0 bridgehead atoms. The molecule has 0 aromatic carbocycles. The third kappa shape index (κ3) is 1.73. The first-order chi connectivity index (χ1) is 10.1. The second kappa shape index (κ2) is 4.13. The van der Waals surface area contributed by atoms with Crippen molar-refractivity contribution in [3.05, 3.63) is 23.5 Å². The quantitative estimate of drug-likeness (QED) is 0.551. The number of pyridine rings is 1. The molecule has 0 aliphatic heterocycles. The summed E-state index contributed by atoms with van der Waals surface area (Å²) in [6, 6.07) is 1.76. The fraction of sp³-hybridized carbons (Fsp3) is 0.0833. The van der Waals surface area contributed by atoms with Crippen LogP contribution < -0.4 is 5.73 Å². The summed E-state index contributed by atoms with van der Waals surface area (Å²) in [6.07, 6.45) is 3.17. The molecule has 4 heterocycles. The van der Waals surface area contributed by atoms with Crippen LogP contribution in [0.2, 0.25) is 5.02 Å². The largest absolute Gasteiger partial charge is 0.383 e. The van der Waals surface area contributed by atoms with Crippen molar-refractivity contribution in [2.75, 3.05) is 5.73 Å². The summed E-state index contributed by atoms with van der Waals surface area (Å²) in [4.78, 5) is 12.9. The molecule has 4 aromatic rings. The van der Waals surface area contributed by atoms with Crippen LogP contribution in [0.4, 0.5) is 5.82 Å². The Kier molecular flexibility index (Phi) is 2.36. The van der Waals surface area contributed by atoms with Crippen LogP contribution in [-0.2, 0) is 7.05 Å². The molecule has 0 radical (unpaired) electrons. The Morgan fingerprint density at radius 1 is 1.24 bits per heavy atom. The van der Waals surface area contributed by atoms with Crippen molar-refractivity contribution in [1.82, 2.24) is 34.9 Å². The molecule has 0 fully saturated rings. The second-order valence-corrected chi connectivity index (χ2v) is 5.00. The average molecular weight is 301 g/mol. The second-order valence-electron chi connectivity index (χ2n) is 4.56. The van der Waals surface area contributed by atoms with E-state index in [1.54, 1.807) is 24.0 Å². The van der Waals surface area contributed by atoms with Crippen molar-refractivity contribution < 1.29 is 0 Å². The Morgan fingerprint density at radius 3 is 2.95 bits per heavy atom. The number of nitrogen functional groups attached to an aromatic ring is 1. The van der Waals surface area contributed by atoms with E-state index in [1.165, 1.54) is 6.20 Å². The molecule has 0 aliphatic rings. The summed E-state index contributed by atoms with van der Waals surface area (Å²) in [5.41, 5.74) is 7.78. The highest BCUT2D eigenvalue weighted by atomic mass is 35.5. The van der Waals surface area contributed by atoms with Crippen LogP contribution in [0.5, 0.6) is 0 Å². The zero-order chi connectivity index (χ0) is 14.6. The van der Waals surface area contributed by atoms with Crippen LogP contribution in [-0.4, -0.2) is 34.9 Å². The molecule has 21 heavy (non-hydrogen) atoms. The minimum Gasteiger partial charge on any atom is -0.383 e. The van der Waals surface area contributed by atoms with E-state index in [1.807, 2.05) is 0 Å². The van der Waals surface area contributed by atoms with E-state index in [0.717, 1.165) is 5.39 Å². The molecule has 0 saturated heterocycles. The van der Waals surface area contributed by atoms with Crippen molar-refractivity contribution in [3.8, 4) is 11.5 Å². The molecular formula is C12H9ClN8. The third-order valence-corrected chi connectivity index (χ3v) is 3.43. The molecule has 0 unspecified atom stereocenters. The molecule has 4 aromatic heterocycles. The van der Waals surface area contributed by atoms with E-state index in [4.69, 9.17) is 17.3 Å². The molecule has 4 rings (SSSR count). The molecule has 3 N–H and O–H groups in total. The van der Waals surface area contributed by atoms with Crippen LogP contribution >= 0.6 is 11.6 Å². The number of fused-ring (bicyclic) bond motifs is 2. The summed E-state index contributed by atoms with van der Waals surface area (Å²) in [6.45, 7) is 0. The van der Waals surface area contributed by atoms with E-state index in [9.17, 15) is 0 Å². The van der Waals surface area contributed by atoms with Gasteiger partial charge in [-0.3, -0.25) is 9.78 Å². The maximum Gasteiger partial charge on any atom is 0.182 e. The Hall–Kier alpha value is -2.74. The Morgan fingerprint density at radius 2 is 2.10 bits per heavy atom. The highest BCUT2D eigenvalue weighted by Crippen LogP contribution is 2.27. The maximum atomic E-state index is 5.99. The lowest BCUT2D eigenvalue weighted by Gasteiger charge is -2.02. The number of aryl methyl sites for hydroxylation is 1. The normalized spacial score (nSPS) is 11.5. The number of nitrogens with zero attached hydrogens (tertiary/aromatic N) is 6. The number of hydrogen-bond acceptors (Lipinski definition) is 6. The van der Waals surface area contributed by atoms with Crippen LogP contribution in [0, 0.1) is 0 Å². The lowest BCUT2D eigenvalue weighted by Crippen LogP contribution is -2.00. The summed E-state index contributed by atoms with van der Waals surface area (Å²) in [7, 11) is 1.79. The SMILES string of the molecule is Cn1ncc2c(N)nc(-c3[nH]nc4ncc(Cl)cc34)nc21. The van der Waals surface area contributed by atoms with Crippen molar-refractivity contribution >= 4 is 39.5 Å². The van der Waals surface area contributed by atoms with Crippen molar-refractivity contribution in [2.45, 2.75) is 0 Å². The van der Waals surface area contributed by atoms with Crippen molar-refractivity contribution in [3.63, 3.8) is 0 Å². The van der Waals surface area contributed by atoms with Gasteiger partial charge in [0.1, 0.15) is 11.5 Å². The number of rotatable bonds is 1. The topological polar surface area (TPSA) is 111 Å². The lowest BCUT2D eigenvalue weighted by molar-refractivity contribution is 0.786. The highest BCUT2D eigenvalue weighted by Gasteiger charge is 2.15. The third-order valence-electron chi connectivity index (χ3n) is 3.22. The van der Waals surface area contributed by atoms with Crippen LogP contribution in [0.1, 0.15) is 0 Å². The Balaban J connectivity index is 2.04. The van der Waals surface area contributed by atoms with Gasteiger partial charge in [-0.15, -0.1) is 0 Å². The van der Waals surface area contributed by atoms with Gasteiger partial charge in [0.15, 0.2) is 17.1 Å². The smallest absolute Gasteiger partial charge is 0.182 e. The number of hydrogen-bond donors (Lipinski definition) is 2. The van der Waals surface area contributed by atoms with Gasteiger partial charge in [-0.05, 0) is 6.07 Å². The fourth-order valence-corrected chi connectivity index (χ4v) is 2.36. The van der Waals surface area contributed by atoms with Gasteiger partial charge < -0.3 is 5.73 Å². The number of H-pyrrole nitrogens is 1. The fourth-order valence-electron chi connectivity index (χ4n) is 2.20. The number of aromatic nitrogens is 7. The molecule has 0 saturated carbocycles. The van der Waals surface area contributed by atoms with Crippen LogP contribution in [0.25, 0.3) is 33.6 Å². The standard InChI is InChI=1S/C12H9ClN8/c1-21-12-7(4-16-21)9(14)17-11(18-12)8-6-2-5(13)3-15-10(6)20-19-8/h2-4H,1H3,(H2,14,17,18)(H,15,19,20). The number of nitrogens with one attached hydrogen (secondary N) is 1. The van der Waals surface area contributed by atoms with Gasteiger partial charge in [0.25, 0.3) is 0 Å². The first-order valence-electron chi connectivity index (χ1n) is 6.08. The lowest BCUT2D eigenvalue weighted by atomic mass is 10.2. The van der Waals surface area contributed by atoms with Gasteiger partial charge in [0, 0.05) is 13.2 Å². The van der Waals surface area contributed by atoms with Gasteiger partial charge in [-0.25, -0.2) is 15.0 Å². The van der Waals surface area contributed by atoms with Gasteiger partial charge in [0.2, 0.25) is 0 Å². The van der Waals surface area contributed by atoms with Crippen molar-refractivity contribution in [2.24, 2.45) is 7.05 Å². The number of aromatic amines is 1. The number of halogens is 1. The average Bonchev–Trinajstić information content (AvgIpc) is 3.03. The molecule has 0 amide bonds. The first-order valence-corrected chi connectivity index (χ1v) is 6.46. The predicted molar refractivity (Wildman–Crippen MR) is 78.6 cm³/mol. The molecule has 0 atom stereocenters. The summed E-state index contributed by atoms with van der Waals surface area (Å²) in [5.74, 6) is 0.788. The molecule has 0 spiro atoms. The number of nitrogens with two attached hydrogens (primary N) is 1. The van der Waals surface area contributed by atoms with Crippen LogP contribution in [0.3, 0.4) is 0 Å². The zero-order valence-electron chi connectivity index (χ0n) is 10.9. The Labute approximate surface area is 123 Å². The van der Waals surface area contributed by atoms with Crippen LogP contribution in [0.15, 0.2) is 18.5 Å². The predicted octanol–water partition coefficient (Wildman–Crippen LogP) is 1.54. The van der Waals surface area contributed by atoms with E-state index in [-0.39, 0.29) is 0 Å². The summed E-state index contributed by atoms with van der Waals surface area (Å²) in [5, 5.41) is 13.1. The van der Waals surface area contributed by atoms with Crippen molar-refractivity contribution in [1.29, 1.82) is 0 Å². The van der Waals surface area contributed by atoms with Gasteiger partial charge in [-0.2, -0.15) is 10.2 Å². The van der Waals surface area contributed by atoms with Gasteiger partial charge >= 0.3 is 0 Å². The van der Waals surface area contributed by atoms with E-state index < -0.39 is 0 Å². The number of anilines is 1. The molecule has 104 valence electrons. The van der Waals surface area contributed by atoms with E-state index in [0.29, 0.717) is 39.0 Å². The molecule has 8 nitrogen and oxygen atoms in total. The highest BCUT2D eigenvalue weighted by molar-refractivity contribution is 6.31. The van der Waals surface area contributed by atoms with E-state index in [2.05, 4.69) is 30.2 Å². The van der Waals surface area contributed by atoms with Gasteiger partial charge in [-0.1, -0.05) is 11.6 Å². The summed E-state index contributed by atoms with van der Waals surface area (Å²) >= 11 is 5.99. The van der Waals surface area contributed by atoms with Gasteiger partial charge in [0.05, 0.1) is 22.0 Å². The molecule has 0 aliphatic carbocycles. The maximum absolute atomic E-state index is 5.99. The monoisotopic (exact) mass is 300 g/mol. The Bertz CT molecular complexity index is 986. The zero-order valence-corrected chi connectivity index (χ0v) is 11.6. The molecule has 9 heteroatoms.